The summed E-state index contributed by atoms with van der Waals surface area (Å²) in [5.74, 6) is -2.61. The second kappa shape index (κ2) is 7.25. The fourth-order valence-corrected chi connectivity index (χ4v) is 2.37. The molecule has 8 heteroatoms. The van der Waals surface area contributed by atoms with Crippen molar-refractivity contribution in [2.24, 2.45) is 0 Å². The molecule has 0 saturated heterocycles. The summed E-state index contributed by atoms with van der Waals surface area (Å²) in [4.78, 5) is 35.7. The zero-order valence-corrected chi connectivity index (χ0v) is 13.8. The topological polar surface area (TPSA) is 101 Å². The standard InChI is InChI=1S/C17H18FN3O4/c1-3-10-17(2,16(24)25)19-15(23)12-8-9-14(22)21(20-12)13-7-5-4-6-11(13)18/h4-9H,3,10H2,1-2H3,(H,19,23)(H,24,25). The van der Waals surface area contributed by atoms with Crippen LogP contribution in [0.4, 0.5) is 4.39 Å². The molecule has 25 heavy (non-hydrogen) atoms. The van der Waals surface area contributed by atoms with Gasteiger partial charge in [-0.3, -0.25) is 9.59 Å². The number of carbonyl (C=O) groups is 2. The number of benzene rings is 1. The van der Waals surface area contributed by atoms with Gasteiger partial charge >= 0.3 is 5.97 Å². The van der Waals surface area contributed by atoms with E-state index in [1.54, 1.807) is 6.92 Å². The number of hydrogen-bond donors (Lipinski definition) is 2. The van der Waals surface area contributed by atoms with Crippen molar-refractivity contribution >= 4 is 11.9 Å². The van der Waals surface area contributed by atoms with Crippen LogP contribution >= 0.6 is 0 Å². The fourth-order valence-electron chi connectivity index (χ4n) is 2.37. The van der Waals surface area contributed by atoms with E-state index in [1.807, 2.05) is 0 Å². The van der Waals surface area contributed by atoms with Gasteiger partial charge in [-0.2, -0.15) is 9.78 Å². The number of carbonyl (C=O) groups excluding carboxylic acids is 1. The summed E-state index contributed by atoms with van der Waals surface area (Å²) in [6.45, 7) is 3.19. The van der Waals surface area contributed by atoms with Crippen LogP contribution in [0.15, 0.2) is 41.2 Å². The lowest BCUT2D eigenvalue weighted by molar-refractivity contribution is -0.144. The smallest absolute Gasteiger partial charge is 0.329 e. The predicted molar refractivity (Wildman–Crippen MR) is 88.2 cm³/mol. The summed E-state index contributed by atoms with van der Waals surface area (Å²) in [7, 11) is 0. The monoisotopic (exact) mass is 347 g/mol. The van der Waals surface area contributed by atoms with Crippen LogP contribution in [0.5, 0.6) is 0 Å². The molecule has 2 N–H and O–H groups in total. The lowest BCUT2D eigenvalue weighted by Gasteiger charge is -2.25. The molecule has 1 heterocycles. The van der Waals surface area contributed by atoms with Crippen LogP contribution in [0.2, 0.25) is 0 Å². The van der Waals surface area contributed by atoms with Gasteiger partial charge in [0.2, 0.25) is 0 Å². The number of carboxylic acids is 1. The largest absolute Gasteiger partial charge is 0.480 e. The van der Waals surface area contributed by atoms with Crippen molar-refractivity contribution in [1.29, 1.82) is 0 Å². The van der Waals surface area contributed by atoms with Crippen LogP contribution in [0, 0.1) is 5.82 Å². The van der Waals surface area contributed by atoms with Crippen molar-refractivity contribution in [3.8, 4) is 5.69 Å². The summed E-state index contributed by atoms with van der Waals surface area (Å²) in [6.07, 6.45) is 0.770. The first-order valence-electron chi connectivity index (χ1n) is 7.69. The third kappa shape index (κ3) is 3.90. The highest BCUT2D eigenvalue weighted by atomic mass is 19.1. The van der Waals surface area contributed by atoms with Crippen LogP contribution in [0.1, 0.15) is 37.2 Å². The van der Waals surface area contributed by atoms with E-state index in [4.69, 9.17) is 0 Å². The molecule has 1 atom stereocenters. The highest BCUT2D eigenvalue weighted by molar-refractivity contribution is 5.96. The van der Waals surface area contributed by atoms with Crippen LogP contribution in [0.25, 0.3) is 5.69 Å². The van der Waals surface area contributed by atoms with E-state index in [-0.39, 0.29) is 17.8 Å². The quantitative estimate of drug-likeness (QED) is 0.829. The van der Waals surface area contributed by atoms with Crippen molar-refractivity contribution in [1.82, 2.24) is 15.1 Å². The van der Waals surface area contributed by atoms with Gasteiger partial charge in [-0.15, -0.1) is 0 Å². The molecule has 7 nitrogen and oxygen atoms in total. The molecule has 132 valence electrons. The summed E-state index contributed by atoms with van der Waals surface area (Å²) in [5.41, 5.74) is -2.37. The second-order valence-electron chi connectivity index (χ2n) is 5.76. The predicted octanol–water partition coefficient (Wildman–Crippen LogP) is 1.74. The van der Waals surface area contributed by atoms with Gasteiger partial charge in [0.15, 0.2) is 0 Å². The molecule has 2 rings (SSSR count). The van der Waals surface area contributed by atoms with Gasteiger partial charge in [0.25, 0.3) is 11.5 Å². The maximum absolute atomic E-state index is 13.9. The Labute approximate surface area is 143 Å². The Hall–Kier alpha value is -3.03. The number of aromatic nitrogens is 2. The molecule has 0 aliphatic heterocycles. The number of amides is 1. The molecule has 0 saturated carbocycles. The maximum atomic E-state index is 13.9. The van der Waals surface area contributed by atoms with E-state index in [0.717, 1.165) is 10.7 Å². The van der Waals surface area contributed by atoms with E-state index in [2.05, 4.69) is 10.4 Å². The Morgan fingerprint density at radius 3 is 2.56 bits per heavy atom. The highest BCUT2D eigenvalue weighted by Gasteiger charge is 2.34. The van der Waals surface area contributed by atoms with E-state index in [1.165, 1.54) is 37.3 Å². The first-order valence-corrected chi connectivity index (χ1v) is 7.69. The lowest BCUT2D eigenvalue weighted by Crippen LogP contribution is -2.52. The SMILES string of the molecule is CCCC(C)(NC(=O)c1ccc(=O)n(-c2ccccc2F)n1)C(=O)O. The molecular weight excluding hydrogens is 329 g/mol. The molecular formula is C17H18FN3O4. The number of hydrogen-bond acceptors (Lipinski definition) is 4. The van der Waals surface area contributed by atoms with Crippen LogP contribution < -0.4 is 10.9 Å². The summed E-state index contributed by atoms with van der Waals surface area (Å²) >= 11 is 0. The molecule has 0 aliphatic carbocycles. The van der Waals surface area contributed by atoms with Crippen molar-refractivity contribution in [3.05, 3.63) is 58.3 Å². The Kier molecular flexibility index (Phi) is 5.31. The van der Waals surface area contributed by atoms with Crippen LogP contribution in [-0.4, -0.2) is 32.3 Å². The molecule has 0 fully saturated rings. The molecule has 1 unspecified atom stereocenters. The average molecular weight is 347 g/mol. The second-order valence-corrected chi connectivity index (χ2v) is 5.76. The third-order valence-electron chi connectivity index (χ3n) is 3.72. The van der Waals surface area contributed by atoms with Gasteiger partial charge < -0.3 is 10.4 Å². The minimum Gasteiger partial charge on any atom is -0.480 e. The summed E-state index contributed by atoms with van der Waals surface area (Å²) < 4.78 is 14.7. The zero-order valence-electron chi connectivity index (χ0n) is 13.8. The molecule has 1 aromatic carbocycles. The number of rotatable bonds is 6. The molecule has 1 aromatic heterocycles. The molecule has 1 amide bonds. The van der Waals surface area contributed by atoms with E-state index < -0.39 is 28.8 Å². The number of carboxylic acid groups (broad SMARTS) is 1. The third-order valence-corrected chi connectivity index (χ3v) is 3.72. The van der Waals surface area contributed by atoms with Gasteiger partial charge in [-0.05, 0) is 31.5 Å². The minimum atomic E-state index is -1.47. The molecule has 0 spiro atoms. The van der Waals surface area contributed by atoms with E-state index in [0.29, 0.717) is 6.42 Å². The Bertz CT molecular complexity index is 865. The summed E-state index contributed by atoms with van der Waals surface area (Å²) in [6, 6.07) is 7.75. The average Bonchev–Trinajstić information content (AvgIpc) is 2.56. The van der Waals surface area contributed by atoms with Crippen LogP contribution in [-0.2, 0) is 4.79 Å². The van der Waals surface area contributed by atoms with Gasteiger partial charge in [0, 0.05) is 6.07 Å². The van der Waals surface area contributed by atoms with Gasteiger partial charge in [0.05, 0.1) is 0 Å². The van der Waals surface area contributed by atoms with E-state index >= 15 is 0 Å². The number of nitrogens with zero attached hydrogens (tertiary/aromatic N) is 2. The minimum absolute atomic E-state index is 0.100. The first kappa shape index (κ1) is 18.3. The number of aliphatic carboxylic acids is 1. The van der Waals surface area contributed by atoms with Gasteiger partial charge in [0.1, 0.15) is 22.7 Å². The maximum Gasteiger partial charge on any atom is 0.329 e. The number of nitrogens with one attached hydrogen (secondary N) is 1. The first-order chi connectivity index (χ1) is 11.8. The molecule has 2 aromatic rings. The fraction of sp³-hybridized carbons (Fsp3) is 0.294. The van der Waals surface area contributed by atoms with Crippen molar-refractivity contribution in [2.75, 3.05) is 0 Å². The van der Waals surface area contributed by atoms with Gasteiger partial charge in [-0.1, -0.05) is 25.5 Å². The zero-order chi connectivity index (χ0) is 18.6. The molecule has 0 aliphatic rings. The Balaban J connectivity index is 2.40. The Morgan fingerprint density at radius 2 is 1.96 bits per heavy atom. The van der Waals surface area contributed by atoms with Crippen molar-refractivity contribution in [3.63, 3.8) is 0 Å². The normalized spacial score (nSPS) is 13.1. The van der Waals surface area contributed by atoms with Crippen molar-refractivity contribution < 1.29 is 19.1 Å². The van der Waals surface area contributed by atoms with E-state index in [9.17, 15) is 23.9 Å². The van der Waals surface area contributed by atoms with Crippen molar-refractivity contribution in [2.45, 2.75) is 32.2 Å². The van der Waals surface area contributed by atoms with Gasteiger partial charge in [-0.25, -0.2) is 9.18 Å². The highest BCUT2D eigenvalue weighted by Crippen LogP contribution is 2.14. The summed E-state index contributed by atoms with van der Waals surface area (Å²) in [5, 5.41) is 15.6. The molecule has 0 bridgehead atoms. The molecule has 0 radical (unpaired) electrons. The number of para-hydroxylation sites is 1. The lowest BCUT2D eigenvalue weighted by atomic mass is 9.96. The number of halogens is 1. The van der Waals surface area contributed by atoms with Crippen LogP contribution in [0.3, 0.4) is 0 Å². The Morgan fingerprint density at radius 1 is 1.28 bits per heavy atom.